The number of rotatable bonds is 5. The maximum absolute atomic E-state index is 5.79. The van der Waals surface area contributed by atoms with E-state index < -0.39 is 0 Å². The summed E-state index contributed by atoms with van der Waals surface area (Å²) < 4.78 is 11.3. The highest BCUT2D eigenvalue weighted by Crippen LogP contribution is 2.28. The fourth-order valence-electron chi connectivity index (χ4n) is 2.22. The smallest absolute Gasteiger partial charge is 0.127 e. The van der Waals surface area contributed by atoms with Crippen LogP contribution in [0.4, 0.5) is 0 Å². The highest BCUT2D eigenvalue weighted by molar-refractivity contribution is 5.66. The average Bonchev–Trinajstić information content (AvgIpc) is 2.98. The molecular formula is C18H17NO2. The molecule has 1 heterocycles. The van der Waals surface area contributed by atoms with Gasteiger partial charge in [-0.3, -0.25) is 0 Å². The van der Waals surface area contributed by atoms with E-state index in [4.69, 9.17) is 9.15 Å². The second kappa shape index (κ2) is 6.29. The molecule has 0 spiro atoms. The first-order valence-electron chi connectivity index (χ1n) is 6.91. The molecule has 2 aromatic carbocycles. The third kappa shape index (κ3) is 3.15. The second-order valence-electron chi connectivity index (χ2n) is 4.73. The molecule has 0 amide bonds. The Bertz CT molecular complexity index is 687. The molecule has 0 bridgehead atoms. The molecule has 1 aromatic heterocycles. The number of ether oxygens (including phenoxy) is 1. The van der Waals surface area contributed by atoms with Gasteiger partial charge in [0, 0.05) is 5.56 Å². The Hall–Kier alpha value is -2.52. The second-order valence-corrected chi connectivity index (χ2v) is 4.73. The Kier molecular flexibility index (Phi) is 4.03. The van der Waals surface area contributed by atoms with Crippen LogP contribution in [0.2, 0.25) is 0 Å². The topological polar surface area (TPSA) is 34.4 Å². The minimum Gasteiger partial charge on any atom is -0.467 e. The molecular weight excluding hydrogens is 262 g/mol. The normalized spacial score (nSPS) is 10.5. The Labute approximate surface area is 124 Å². The molecule has 3 heteroatoms. The van der Waals surface area contributed by atoms with Crippen molar-refractivity contribution in [2.24, 2.45) is 0 Å². The van der Waals surface area contributed by atoms with E-state index in [1.165, 1.54) is 0 Å². The zero-order valence-electron chi connectivity index (χ0n) is 11.9. The van der Waals surface area contributed by atoms with Gasteiger partial charge in [0.15, 0.2) is 0 Å². The van der Waals surface area contributed by atoms with Gasteiger partial charge in [0.25, 0.3) is 0 Å². The summed E-state index contributed by atoms with van der Waals surface area (Å²) in [5.41, 5.74) is 2.23. The van der Waals surface area contributed by atoms with Crippen LogP contribution in [0, 0.1) is 0 Å². The van der Waals surface area contributed by atoms with Crippen LogP contribution in [0.5, 0.6) is 11.5 Å². The van der Waals surface area contributed by atoms with E-state index >= 15 is 0 Å². The van der Waals surface area contributed by atoms with Gasteiger partial charge in [-0.25, -0.2) is 0 Å². The molecule has 0 aliphatic rings. The highest BCUT2D eigenvalue weighted by atomic mass is 16.5. The molecule has 0 saturated carbocycles. The molecule has 3 aromatic rings. The van der Waals surface area contributed by atoms with Crippen LogP contribution in [0.25, 0.3) is 11.1 Å². The van der Waals surface area contributed by atoms with Crippen molar-refractivity contribution in [3.63, 3.8) is 0 Å². The van der Waals surface area contributed by atoms with Crippen molar-refractivity contribution in [2.45, 2.75) is 6.54 Å². The lowest BCUT2D eigenvalue weighted by Crippen LogP contribution is -2.04. The van der Waals surface area contributed by atoms with Gasteiger partial charge in [0.05, 0.1) is 12.8 Å². The van der Waals surface area contributed by atoms with Crippen LogP contribution < -0.4 is 10.1 Å². The highest BCUT2D eigenvalue weighted by Gasteiger charge is 2.08. The molecule has 0 saturated heterocycles. The fraction of sp³-hybridized carbons (Fsp3) is 0.111. The van der Waals surface area contributed by atoms with Crippen molar-refractivity contribution in [1.82, 2.24) is 5.32 Å². The van der Waals surface area contributed by atoms with Crippen LogP contribution in [0.3, 0.4) is 0 Å². The zero-order chi connectivity index (χ0) is 14.5. The molecule has 21 heavy (non-hydrogen) atoms. The molecule has 106 valence electrons. The summed E-state index contributed by atoms with van der Waals surface area (Å²) in [5, 5.41) is 3.11. The van der Waals surface area contributed by atoms with Crippen molar-refractivity contribution < 1.29 is 9.15 Å². The van der Waals surface area contributed by atoms with E-state index in [1.54, 1.807) is 6.26 Å². The lowest BCUT2D eigenvalue weighted by molar-refractivity contribution is 0.482. The van der Waals surface area contributed by atoms with Gasteiger partial charge in [0.2, 0.25) is 0 Å². The van der Waals surface area contributed by atoms with Gasteiger partial charge in [-0.05, 0) is 42.9 Å². The van der Waals surface area contributed by atoms with E-state index in [9.17, 15) is 0 Å². The van der Waals surface area contributed by atoms with Crippen LogP contribution in [-0.4, -0.2) is 7.05 Å². The molecule has 3 nitrogen and oxygen atoms in total. The molecule has 0 radical (unpaired) electrons. The predicted molar refractivity (Wildman–Crippen MR) is 83.4 cm³/mol. The molecule has 0 atom stereocenters. The van der Waals surface area contributed by atoms with E-state index in [2.05, 4.69) is 5.32 Å². The fourth-order valence-corrected chi connectivity index (χ4v) is 2.22. The predicted octanol–water partition coefficient (Wildman–Crippen LogP) is 4.46. The van der Waals surface area contributed by atoms with E-state index in [0.717, 1.165) is 28.4 Å². The number of para-hydroxylation sites is 1. The zero-order valence-corrected chi connectivity index (χ0v) is 11.9. The van der Waals surface area contributed by atoms with Gasteiger partial charge in [-0.2, -0.15) is 0 Å². The maximum atomic E-state index is 5.79. The van der Waals surface area contributed by atoms with Crippen LogP contribution in [0.15, 0.2) is 71.3 Å². The number of furan rings is 1. The van der Waals surface area contributed by atoms with Crippen LogP contribution in [0.1, 0.15) is 5.76 Å². The van der Waals surface area contributed by atoms with E-state index in [1.807, 2.05) is 67.7 Å². The molecule has 0 fully saturated rings. The van der Waals surface area contributed by atoms with Crippen molar-refractivity contribution in [3.05, 3.63) is 72.7 Å². The quantitative estimate of drug-likeness (QED) is 0.749. The van der Waals surface area contributed by atoms with Gasteiger partial charge in [-0.15, -0.1) is 0 Å². The lowest BCUT2D eigenvalue weighted by Gasteiger charge is -2.07. The Morgan fingerprint density at radius 3 is 2.33 bits per heavy atom. The van der Waals surface area contributed by atoms with Crippen molar-refractivity contribution in [1.29, 1.82) is 0 Å². The maximum Gasteiger partial charge on any atom is 0.127 e. The minimum atomic E-state index is 0.713. The molecule has 0 aliphatic heterocycles. The monoisotopic (exact) mass is 279 g/mol. The lowest BCUT2D eigenvalue weighted by atomic mass is 10.1. The molecule has 0 unspecified atom stereocenters. The van der Waals surface area contributed by atoms with Gasteiger partial charge in [0.1, 0.15) is 17.3 Å². The third-order valence-corrected chi connectivity index (χ3v) is 3.23. The average molecular weight is 279 g/mol. The number of nitrogens with one attached hydrogen (secondary N) is 1. The summed E-state index contributed by atoms with van der Waals surface area (Å²) in [4.78, 5) is 0. The summed E-state index contributed by atoms with van der Waals surface area (Å²) in [6.45, 7) is 0.713. The largest absolute Gasteiger partial charge is 0.467 e. The van der Waals surface area contributed by atoms with Gasteiger partial charge >= 0.3 is 0 Å². The van der Waals surface area contributed by atoms with Crippen LogP contribution >= 0.6 is 0 Å². The number of hydrogen-bond donors (Lipinski definition) is 1. The summed E-state index contributed by atoms with van der Waals surface area (Å²) in [5.74, 6) is 2.60. The summed E-state index contributed by atoms with van der Waals surface area (Å²) in [7, 11) is 1.91. The van der Waals surface area contributed by atoms with Crippen molar-refractivity contribution in [2.75, 3.05) is 7.05 Å². The summed E-state index contributed by atoms with van der Waals surface area (Å²) in [6.07, 6.45) is 1.72. The standard InChI is InChI=1S/C18H17NO2/c1-19-13-18-17(11-12-20-18)14-7-9-16(10-8-14)21-15-5-3-2-4-6-15/h2-12,19H,13H2,1H3. The van der Waals surface area contributed by atoms with Crippen molar-refractivity contribution >= 4 is 0 Å². The Balaban J connectivity index is 1.79. The van der Waals surface area contributed by atoms with Crippen LogP contribution in [-0.2, 0) is 6.54 Å². The van der Waals surface area contributed by atoms with E-state index in [0.29, 0.717) is 6.54 Å². The Morgan fingerprint density at radius 2 is 1.62 bits per heavy atom. The first kappa shape index (κ1) is 13.5. The summed E-state index contributed by atoms with van der Waals surface area (Å²) in [6, 6.07) is 19.8. The molecule has 1 N–H and O–H groups in total. The molecule has 3 rings (SSSR count). The van der Waals surface area contributed by atoms with Gasteiger partial charge in [-0.1, -0.05) is 30.3 Å². The SMILES string of the molecule is CNCc1occc1-c1ccc(Oc2ccccc2)cc1. The number of hydrogen-bond acceptors (Lipinski definition) is 3. The first-order chi connectivity index (χ1) is 10.4. The first-order valence-corrected chi connectivity index (χ1v) is 6.91. The van der Waals surface area contributed by atoms with E-state index in [-0.39, 0.29) is 0 Å². The third-order valence-electron chi connectivity index (χ3n) is 3.23. The minimum absolute atomic E-state index is 0.713. The van der Waals surface area contributed by atoms with Crippen molar-refractivity contribution in [3.8, 4) is 22.6 Å². The number of benzene rings is 2. The Morgan fingerprint density at radius 1 is 0.905 bits per heavy atom. The molecule has 0 aliphatic carbocycles. The summed E-state index contributed by atoms with van der Waals surface area (Å²) >= 11 is 0. The van der Waals surface area contributed by atoms with Gasteiger partial charge < -0.3 is 14.5 Å².